The minimum absolute atomic E-state index is 0.163. The fourth-order valence-electron chi connectivity index (χ4n) is 3.07. The fourth-order valence-corrected chi connectivity index (χ4v) is 3.07. The molecule has 0 radical (unpaired) electrons. The lowest BCUT2D eigenvalue weighted by Gasteiger charge is -2.31. The summed E-state index contributed by atoms with van der Waals surface area (Å²) in [4.78, 5) is 11.1. The highest BCUT2D eigenvalue weighted by molar-refractivity contribution is 5.54. The molecule has 1 fully saturated rings. The van der Waals surface area contributed by atoms with Crippen LogP contribution in [0, 0.1) is 5.82 Å². The van der Waals surface area contributed by atoms with Gasteiger partial charge in [-0.05, 0) is 37.1 Å². The number of aromatic nitrogens is 3. The smallest absolute Gasteiger partial charge is 0.231 e. The first kappa shape index (κ1) is 14.8. The Morgan fingerprint density at radius 2 is 2.12 bits per heavy atom. The van der Waals surface area contributed by atoms with Gasteiger partial charge in [0.25, 0.3) is 0 Å². The first-order valence-electron chi connectivity index (χ1n) is 8.05. The fraction of sp³-hybridized carbons (Fsp3) is 0.278. The van der Waals surface area contributed by atoms with Crippen LogP contribution in [0.1, 0.15) is 24.7 Å². The third-order valence-corrected chi connectivity index (χ3v) is 4.27. The number of pyridine rings is 1. The van der Waals surface area contributed by atoms with E-state index in [-0.39, 0.29) is 11.7 Å². The lowest BCUT2D eigenvalue weighted by molar-refractivity contribution is 0.333. The van der Waals surface area contributed by atoms with Gasteiger partial charge in [-0.1, -0.05) is 23.4 Å². The van der Waals surface area contributed by atoms with Gasteiger partial charge >= 0.3 is 0 Å². The summed E-state index contributed by atoms with van der Waals surface area (Å²) in [6.07, 6.45) is 3.83. The Morgan fingerprint density at radius 3 is 2.96 bits per heavy atom. The van der Waals surface area contributed by atoms with Crippen LogP contribution in [0.5, 0.6) is 0 Å². The Hall–Kier alpha value is -2.76. The molecule has 122 valence electrons. The van der Waals surface area contributed by atoms with Crippen molar-refractivity contribution in [2.75, 3.05) is 18.0 Å². The van der Waals surface area contributed by atoms with Gasteiger partial charge in [-0.2, -0.15) is 4.98 Å². The van der Waals surface area contributed by atoms with Crippen LogP contribution in [0.25, 0.3) is 11.4 Å². The van der Waals surface area contributed by atoms with Gasteiger partial charge in [0, 0.05) is 24.8 Å². The van der Waals surface area contributed by atoms with E-state index in [0.29, 0.717) is 17.3 Å². The molecule has 24 heavy (non-hydrogen) atoms. The van der Waals surface area contributed by atoms with Gasteiger partial charge in [0.1, 0.15) is 11.6 Å². The van der Waals surface area contributed by atoms with E-state index in [9.17, 15) is 4.39 Å². The zero-order chi connectivity index (χ0) is 16.4. The molecular weight excluding hydrogens is 307 g/mol. The van der Waals surface area contributed by atoms with Crippen molar-refractivity contribution in [3.8, 4) is 11.4 Å². The summed E-state index contributed by atoms with van der Waals surface area (Å²) < 4.78 is 18.8. The molecule has 0 saturated carbocycles. The van der Waals surface area contributed by atoms with Gasteiger partial charge in [-0.15, -0.1) is 0 Å². The van der Waals surface area contributed by atoms with E-state index in [1.807, 2.05) is 18.2 Å². The summed E-state index contributed by atoms with van der Waals surface area (Å²) in [5, 5.41) is 4.01. The van der Waals surface area contributed by atoms with Gasteiger partial charge in [0.15, 0.2) is 0 Å². The van der Waals surface area contributed by atoms with Crippen LogP contribution in [-0.2, 0) is 0 Å². The van der Waals surface area contributed by atoms with Gasteiger partial charge in [-0.3, -0.25) is 0 Å². The van der Waals surface area contributed by atoms with Gasteiger partial charge in [-0.25, -0.2) is 9.37 Å². The molecule has 0 N–H and O–H groups in total. The standard InChI is InChI=1S/C18H17FN4O/c19-15-7-3-5-13(11-15)17-21-18(24-22-17)14-6-4-10-23(12-14)16-8-1-2-9-20-16/h1-3,5,7-9,11,14H,4,6,10,12H2. The molecule has 1 aliphatic rings. The second-order valence-corrected chi connectivity index (χ2v) is 5.94. The maximum absolute atomic E-state index is 13.4. The number of anilines is 1. The van der Waals surface area contributed by atoms with Crippen molar-refractivity contribution in [2.24, 2.45) is 0 Å². The minimum atomic E-state index is -0.308. The average molecular weight is 324 g/mol. The zero-order valence-corrected chi connectivity index (χ0v) is 13.1. The molecule has 6 heteroatoms. The molecule has 1 aromatic carbocycles. The van der Waals surface area contributed by atoms with E-state index in [1.165, 1.54) is 12.1 Å². The third kappa shape index (κ3) is 2.99. The molecule has 3 aromatic rings. The summed E-state index contributed by atoms with van der Waals surface area (Å²) in [5.41, 5.74) is 0.627. The Labute approximate surface area is 139 Å². The quantitative estimate of drug-likeness (QED) is 0.736. The maximum Gasteiger partial charge on any atom is 0.231 e. The molecule has 1 atom stereocenters. The minimum Gasteiger partial charge on any atom is -0.356 e. The first-order valence-corrected chi connectivity index (χ1v) is 8.05. The molecule has 0 aliphatic carbocycles. The largest absolute Gasteiger partial charge is 0.356 e. The van der Waals surface area contributed by atoms with Crippen molar-refractivity contribution in [1.82, 2.24) is 15.1 Å². The molecule has 1 saturated heterocycles. The van der Waals surface area contributed by atoms with Crippen molar-refractivity contribution in [3.05, 3.63) is 60.4 Å². The van der Waals surface area contributed by atoms with Crippen molar-refractivity contribution >= 4 is 5.82 Å². The number of hydrogen-bond donors (Lipinski definition) is 0. The molecule has 4 rings (SSSR count). The SMILES string of the molecule is Fc1cccc(-c2noc(C3CCCN(c4ccccn4)C3)n2)c1. The lowest BCUT2D eigenvalue weighted by atomic mass is 9.98. The maximum atomic E-state index is 13.4. The molecule has 2 aromatic heterocycles. The summed E-state index contributed by atoms with van der Waals surface area (Å²) in [7, 11) is 0. The summed E-state index contributed by atoms with van der Waals surface area (Å²) in [6, 6.07) is 12.1. The molecule has 1 unspecified atom stereocenters. The van der Waals surface area contributed by atoms with E-state index in [0.717, 1.165) is 31.7 Å². The third-order valence-electron chi connectivity index (χ3n) is 4.27. The van der Waals surface area contributed by atoms with Crippen LogP contribution in [0.15, 0.2) is 53.2 Å². The van der Waals surface area contributed by atoms with E-state index in [2.05, 4.69) is 20.0 Å². The van der Waals surface area contributed by atoms with E-state index >= 15 is 0 Å². The second kappa shape index (κ2) is 6.39. The van der Waals surface area contributed by atoms with E-state index in [1.54, 1.807) is 18.3 Å². The van der Waals surface area contributed by atoms with Crippen LogP contribution >= 0.6 is 0 Å². The Morgan fingerprint density at radius 1 is 1.17 bits per heavy atom. The summed E-state index contributed by atoms with van der Waals surface area (Å²) in [6.45, 7) is 1.76. The number of benzene rings is 1. The van der Waals surface area contributed by atoms with Crippen molar-refractivity contribution in [1.29, 1.82) is 0 Å². The van der Waals surface area contributed by atoms with Crippen LogP contribution in [-0.4, -0.2) is 28.2 Å². The molecule has 0 bridgehead atoms. The number of nitrogens with zero attached hydrogens (tertiary/aromatic N) is 4. The Bertz CT molecular complexity index is 821. The summed E-state index contributed by atoms with van der Waals surface area (Å²) in [5.74, 6) is 1.86. The molecule has 3 heterocycles. The molecule has 0 spiro atoms. The van der Waals surface area contributed by atoms with Gasteiger partial charge < -0.3 is 9.42 Å². The van der Waals surface area contributed by atoms with Gasteiger partial charge in [0.2, 0.25) is 11.7 Å². The molecule has 1 aliphatic heterocycles. The molecular formula is C18H17FN4O. The zero-order valence-electron chi connectivity index (χ0n) is 13.1. The Kier molecular flexibility index (Phi) is 3.94. The predicted molar refractivity (Wildman–Crippen MR) is 88.1 cm³/mol. The lowest BCUT2D eigenvalue weighted by Crippen LogP contribution is -2.35. The topological polar surface area (TPSA) is 55.1 Å². The Balaban J connectivity index is 1.54. The predicted octanol–water partition coefficient (Wildman–Crippen LogP) is 3.65. The average Bonchev–Trinajstić information content (AvgIpc) is 3.13. The van der Waals surface area contributed by atoms with Crippen LogP contribution in [0.2, 0.25) is 0 Å². The highest BCUT2D eigenvalue weighted by atomic mass is 19.1. The van der Waals surface area contributed by atoms with Crippen molar-refractivity contribution < 1.29 is 8.91 Å². The second-order valence-electron chi connectivity index (χ2n) is 5.94. The monoisotopic (exact) mass is 324 g/mol. The first-order chi connectivity index (χ1) is 11.8. The number of piperidine rings is 1. The van der Waals surface area contributed by atoms with E-state index in [4.69, 9.17) is 4.52 Å². The number of halogens is 1. The number of hydrogen-bond acceptors (Lipinski definition) is 5. The van der Waals surface area contributed by atoms with Crippen molar-refractivity contribution in [3.63, 3.8) is 0 Å². The van der Waals surface area contributed by atoms with Crippen LogP contribution in [0.4, 0.5) is 10.2 Å². The summed E-state index contributed by atoms with van der Waals surface area (Å²) >= 11 is 0. The van der Waals surface area contributed by atoms with Gasteiger partial charge in [0.05, 0.1) is 5.92 Å². The highest BCUT2D eigenvalue weighted by Gasteiger charge is 2.26. The van der Waals surface area contributed by atoms with Crippen molar-refractivity contribution in [2.45, 2.75) is 18.8 Å². The van der Waals surface area contributed by atoms with Crippen LogP contribution < -0.4 is 4.90 Å². The number of rotatable bonds is 3. The normalized spacial score (nSPS) is 17.9. The highest BCUT2D eigenvalue weighted by Crippen LogP contribution is 2.29. The van der Waals surface area contributed by atoms with Crippen LogP contribution in [0.3, 0.4) is 0 Å². The molecule has 5 nitrogen and oxygen atoms in total. The molecule has 0 amide bonds. The van der Waals surface area contributed by atoms with E-state index < -0.39 is 0 Å².